The Balaban J connectivity index is 2.26. The van der Waals surface area contributed by atoms with Crippen LogP contribution in [0, 0.1) is 0 Å². The van der Waals surface area contributed by atoms with Gasteiger partial charge in [-0.25, -0.2) is 0 Å². The maximum atomic E-state index is 9.36. The van der Waals surface area contributed by atoms with E-state index in [9.17, 15) is 5.11 Å². The van der Waals surface area contributed by atoms with E-state index in [1.807, 2.05) is 12.1 Å². The van der Waals surface area contributed by atoms with Gasteiger partial charge in [0, 0.05) is 5.92 Å². The van der Waals surface area contributed by atoms with Crippen LogP contribution >= 0.6 is 0 Å². The van der Waals surface area contributed by atoms with Crippen LogP contribution in [0.3, 0.4) is 0 Å². The lowest BCUT2D eigenvalue weighted by Gasteiger charge is -2.12. The maximum Gasteiger partial charge on any atom is 0.0687 e. The first-order chi connectivity index (χ1) is 8.40. The number of rotatable bonds is 2. The summed E-state index contributed by atoms with van der Waals surface area (Å²) >= 11 is 0. The van der Waals surface area contributed by atoms with Crippen molar-refractivity contribution in [1.29, 1.82) is 0 Å². The minimum Gasteiger partial charge on any atom is -0.392 e. The number of fused-ring (bicyclic) bond motifs is 1. The topological polar surface area (TPSA) is 20.2 Å². The Hall–Kier alpha value is -1.86. The number of hydrogen-bond acceptors (Lipinski definition) is 1. The second kappa shape index (κ2) is 4.19. The number of benzene rings is 2. The molecule has 17 heavy (non-hydrogen) atoms. The van der Waals surface area contributed by atoms with E-state index in [1.165, 1.54) is 10.9 Å². The van der Waals surface area contributed by atoms with Crippen LogP contribution in [-0.4, -0.2) is 5.11 Å². The third-order valence-electron chi connectivity index (χ3n) is 3.32. The Bertz CT molecular complexity index is 596. The molecular formula is C16H14O. The highest BCUT2D eigenvalue weighted by molar-refractivity contribution is 5.89. The van der Waals surface area contributed by atoms with Gasteiger partial charge in [0.2, 0.25) is 0 Å². The van der Waals surface area contributed by atoms with Crippen LogP contribution in [0.2, 0.25) is 0 Å². The fraction of sp³-hybridized carbons (Fsp3) is 0.125. The molecule has 0 spiro atoms. The van der Waals surface area contributed by atoms with Crippen LogP contribution in [0.1, 0.15) is 17.0 Å². The smallest absolute Gasteiger partial charge is 0.0687 e. The summed E-state index contributed by atoms with van der Waals surface area (Å²) in [5.41, 5.74) is 2.30. The van der Waals surface area contributed by atoms with Crippen LogP contribution in [0.15, 0.2) is 60.7 Å². The molecular weight excluding hydrogens is 208 g/mol. The van der Waals surface area contributed by atoms with Crippen molar-refractivity contribution < 1.29 is 5.11 Å². The molecule has 0 unspecified atom stereocenters. The second-order valence-corrected chi connectivity index (χ2v) is 4.31. The lowest BCUT2D eigenvalue weighted by Crippen LogP contribution is -1.93. The zero-order valence-corrected chi connectivity index (χ0v) is 9.51. The predicted molar refractivity (Wildman–Crippen MR) is 70.9 cm³/mol. The monoisotopic (exact) mass is 222 g/mol. The average Bonchev–Trinajstić information content (AvgIpc) is 2.91. The molecule has 0 heterocycles. The maximum absolute atomic E-state index is 9.36. The SMILES string of the molecule is OCc1cccc2c(C3C=CC=C3)cccc12. The summed E-state index contributed by atoms with van der Waals surface area (Å²) < 4.78 is 0. The van der Waals surface area contributed by atoms with Crippen LogP contribution in [0.4, 0.5) is 0 Å². The van der Waals surface area contributed by atoms with Crippen LogP contribution in [0.25, 0.3) is 10.8 Å². The summed E-state index contributed by atoms with van der Waals surface area (Å²) in [4.78, 5) is 0. The first-order valence-electron chi connectivity index (χ1n) is 5.86. The van der Waals surface area contributed by atoms with Crippen molar-refractivity contribution in [3.63, 3.8) is 0 Å². The second-order valence-electron chi connectivity index (χ2n) is 4.31. The van der Waals surface area contributed by atoms with E-state index in [2.05, 4.69) is 48.6 Å². The van der Waals surface area contributed by atoms with Crippen molar-refractivity contribution in [2.24, 2.45) is 0 Å². The molecule has 1 aliphatic carbocycles. The van der Waals surface area contributed by atoms with Crippen molar-refractivity contribution in [3.05, 3.63) is 71.8 Å². The van der Waals surface area contributed by atoms with E-state index in [1.54, 1.807) is 0 Å². The first-order valence-corrected chi connectivity index (χ1v) is 5.86. The summed E-state index contributed by atoms with van der Waals surface area (Å²) in [5, 5.41) is 11.8. The lowest BCUT2D eigenvalue weighted by molar-refractivity contribution is 0.283. The van der Waals surface area contributed by atoms with Gasteiger partial charge in [-0.15, -0.1) is 0 Å². The molecule has 0 radical (unpaired) electrons. The van der Waals surface area contributed by atoms with Gasteiger partial charge in [-0.3, -0.25) is 0 Å². The number of aliphatic hydroxyl groups is 1. The summed E-state index contributed by atoms with van der Waals surface area (Å²) in [6.07, 6.45) is 8.56. The Morgan fingerprint density at radius 2 is 1.59 bits per heavy atom. The lowest BCUT2D eigenvalue weighted by atomic mass is 9.93. The van der Waals surface area contributed by atoms with E-state index < -0.39 is 0 Å². The summed E-state index contributed by atoms with van der Waals surface area (Å²) in [5.74, 6) is 0.368. The summed E-state index contributed by atoms with van der Waals surface area (Å²) in [6, 6.07) is 12.4. The van der Waals surface area contributed by atoms with Crippen molar-refractivity contribution in [2.75, 3.05) is 0 Å². The molecule has 0 bridgehead atoms. The quantitative estimate of drug-likeness (QED) is 0.824. The molecule has 3 rings (SSSR count). The zero-order chi connectivity index (χ0) is 11.7. The van der Waals surface area contributed by atoms with E-state index in [-0.39, 0.29) is 6.61 Å². The molecule has 0 saturated carbocycles. The van der Waals surface area contributed by atoms with Crippen LogP contribution < -0.4 is 0 Å². The Kier molecular flexibility index (Phi) is 2.54. The minimum atomic E-state index is 0.0944. The molecule has 1 aliphatic rings. The number of aliphatic hydroxyl groups excluding tert-OH is 1. The highest BCUT2D eigenvalue weighted by Gasteiger charge is 2.11. The highest BCUT2D eigenvalue weighted by atomic mass is 16.3. The van der Waals surface area contributed by atoms with Crippen molar-refractivity contribution in [1.82, 2.24) is 0 Å². The Morgan fingerprint density at radius 1 is 0.882 bits per heavy atom. The molecule has 1 heteroatoms. The van der Waals surface area contributed by atoms with Gasteiger partial charge in [-0.05, 0) is 21.9 Å². The molecule has 2 aromatic carbocycles. The van der Waals surface area contributed by atoms with Gasteiger partial charge in [-0.1, -0.05) is 60.7 Å². The van der Waals surface area contributed by atoms with Crippen LogP contribution in [-0.2, 0) is 6.61 Å². The normalized spacial score (nSPS) is 14.9. The van der Waals surface area contributed by atoms with Gasteiger partial charge in [0.1, 0.15) is 0 Å². The fourth-order valence-electron chi connectivity index (χ4n) is 2.47. The van der Waals surface area contributed by atoms with E-state index in [0.717, 1.165) is 10.9 Å². The molecule has 1 nitrogen and oxygen atoms in total. The number of hydrogen-bond donors (Lipinski definition) is 1. The highest BCUT2D eigenvalue weighted by Crippen LogP contribution is 2.31. The fourth-order valence-corrected chi connectivity index (χ4v) is 2.47. The van der Waals surface area contributed by atoms with Gasteiger partial charge in [0.25, 0.3) is 0 Å². The summed E-state index contributed by atoms with van der Waals surface area (Å²) in [6.45, 7) is 0.0944. The summed E-state index contributed by atoms with van der Waals surface area (Å²) in [7, 11) is 0. The largest absolute Gasteiger partial charge is 0.392 e. The van der Waals surface area contributed by atoms with Crippen LogP contribution in [0.5, 0.6) is 0 Å². The molecule has 0 fully saturated rings. The minimum absolute atomic E-state index is 0.0944. The number of allylic oxidation sites excluding steroid dienone is 4. The molecule has 0 atom stereocenters. The third-order valence-corrected chi connectivity index (χ3v) is 3.32. The van der Waals surface area contributed by atoms with E-state index in [4.69, 9.17) is 0 Å². The third kappa shape index (κ3) is 1.69. The van der Waals surface area contributed by atoms with E-state index >= 15 is 0 Å². The zero-order valence-electron chi connectivity index (χ0n) is 9.51. The molecule has 2 aromatic rings. The van der Waals surface area contributed by atoms with Gasteiger partial charge >= 0.3 is 0 Å². The van der Waals surface area contributed by atoms with Crippen molar-refractivity contribution >= 4 is 10.8 Å². The molecule has 0 aliphatic heterocycles. The first kappa shape index (κ1) is 10.3. The van der Waals surface area contributed by atoms with Gasteiger partial charge < -0.3 is 5.11 Å². The molecule has 0 saturated heterocycles. The average molecular weight is 222 g/mol. The van der Waals surface area contributed by atoms with Gasteiger partial charge in [0.05, 0.1) is 6.61 Å². The molecule has 1 N–H and O–H groups in total. The molecule has 84 valence electrons. The Morgan fingerprint density at radius 3 is 2.35 bits per heavy atom. The van der Waals surface area contributed by atoms with Crippen molar-refractivity contribution in [3.8, 4) is 0 Å². The van der Waals surface area contributed by atoms with Gasteiger partial charge in [0.15, 0.2) is 0 Å². The standard InChI is InChI=1S/C16H14O/c17-11-13-7-3-10-16-14(8-4-9-15(13)16)12-5-1-2-6-12/h1-10,12,17H,11H2. The van der Waals surface area contributed by atoms with Gasteiger partial charge in [-0.2, -0.15) is 0 Å². The molecule has 0 amide bonds. The predicted octanol–water partition coefficient (Wildman–Crippen LogP) is 3.54. The van der Waals surface area contributed by atoms with Crippen molar-refractivity contribution in [2.45, 2.75) is 12.5 Å². The Labute approximate surface area is 101 Å². The molecule has 0 aromatic heterocycles. The van der Waals surface area contributed by atoms with E-state index in [0.29, 0.717) is 5.92 Å².